The molecule has 9 nitrogen and oxygen atoms in total. The summed E-state index contributed by atoms with van der Waals surface area (Å²) in [4.78, 5) is 29.7. The van der Waals surface area contributed by atoms with Crippen LogP contribution in [0.1, 0.15) is 23.9 Å². The van der Waals surface area contributed by atoms with Crippen LogP contribution in [0, 0.1) is 0 Å². The van der Waals surface area contributed by atoms with Gasteiger partial charge in [0.25, 0.3) is 5.91 Å². The molecule has 1 unspecified atom stereocenters. The molecular weight excluding hydrogens is 340 g/mol. The van der Waals surface area contributed by atoms with Crippen LogP contribution in [0.2, 0.25) is 0 Å². The Hall–Kier alpha value is -2.94. The molecule has 1 fully saturated rings. The summed E-state index contributed by atoms with van der Waals surface area (Å²) in [6.45, 7) is 1.12. The van der Waals surface area contributed by atoms with Crippen LogP contribution >= 0.6 is 0 Å². The first-order valence-corrected chi connectivity index (χ1v) is 8.40. The lowest BCUT2D eigenvalue weighted by Crippen LogP contribution is -2.45. The molecule has 3 heterocycles. The van der Waals surface area contributed by atoms with E-state index in [2.05, 4.69) is 15.5 Å². The van der Waals surface area contributed by atoms with Crippen molar-refractivity contribution < 1.29 is 23.6 Å². The highest BCUT2D eigenvalue weighted by atomic mass is 16.5. The second kappa shape index (κ2) is 7.12. The van der Waals surface area contributed by atoms with Crippen LogP contribution in [0.4, 0.5) is 5.69 Å². The van der Waals surface area contributed by atoms with Gasteiger partial charge in [-0.05, 0) is 30.2 Å². The van der Waals surface area contributed by atoms with Crippen LogP contribution in [0.3, 0.4) is 0 Å². The van der Waals surface area contributed by atoms with Gasteiger partial charge in [0.15, 0.2) is 12.4 Å². The van der Waals surface area contributed by atoms with Gasteiger partial charge < -0.3 is 24.2 Å². The van der Waals surface area contributed by atoms with Gasteiger partial charge >= 0.3 is 0 Å². The zero-order valence-electron chi connectivity index (χ0n) is 14.0. The molecule has 9 heteroatoms. The van der Waals surface area contributed by atoms with Crippen molar-refractivity contribution in [3.63, 3.8) is 0 Å². The predicted molar refractivity (Wildman–Crippen MR) is 88.5 cm³/mol. The maximum absolute atomic E-state index is 12.6. The van der Waals surface area contributed by atoms with Gasteiger partial charge in [0.05, 0.1) is 13.2 Å². The minimum absolute atomic E-state index is 0.0150. The second-order valence-corrected chi connectivity index (χ2v) is 6.12. The number of nitrogens with zero attached hydrogens (tertiary/aromatic N) is 3. The maximum Gasteiger partial charge on any atom is 0.261 e. The smallest absolute Gasteiger partial charge is 0.261 e. The second-order valence-electron chi connectivity index (χ2n) is 6.12. The molecule has 1 atom stereocenters. The van der Waals surface area contributed by atoms with E-state index < -0.39 is 0 Å². The Morgan fingerprint density at radius 3 is 3.15 bits per heavy atom. The normalized spacial score (nSPS) is 19.6. The first-order valence-electron chi connectivity index (χ1n) is 8.40. The van der Waals surface area contributed by atoms with Crippen molar-refractivity contribution in [1.82, 2.24) is 15.0 Å². The Balaban J connectivity index is 1.41. The number of aryl methyl sites for hydroxylation is 1. The molecular formula is C17H18N4O5. The van der Waals surface area contributed by atoms with Gasteiger partial charge in [-0.25, -0.2) is 0 Å². The SMILES string of the molecule is O=C1CCc2cc(OCC(=O)N3CCOCC3c3ncon3)ccc2N1. The molecule has 1 aromatic heterocycles. The summed E-state index contributed by atoms with van der Waals surface area (Å²) in [5.74, 6) is 0.857. The van der Waals surface area contributed by atoms with Crippen LogP contribution < -0.4 is 10.1 Å². The lowest BCUT2D eigenvalue weighted by molar-refractivity contribution is -0.142. The maximum atomic E-state index is 12.6. The highest BCUT2D eigenvalue weighted by Gasteiger charge is 2.31. The third-order valence-corrected chi connectivity index (χ3v) is 4.46. The van der Waals surface area contributed by atoms with E-state index in [9.17, 15) is 9.59 Å². The largest absolute Gasteiger partial charge is 0.484 e. The number of amides is 2. The van der Waals surface area contributed by atoms with E-state index in [0.717, 1.165) is 11.3 Å². The predicted octanol–water partition coefficient (Wildman–Crippen LogP) is 0.933. The van der Waals surface area contributed by atoms with Crippen molar-refractivity contribution in [2.24, 2.45) is 0 Å². The van der Waals surface area contributed by atoms with Gasteiger partial charge in [0, 0.05) is 18.7 Å². The third kappa shape index (κ3) is 3.38. The third-order valence-electron chi connectivity index (χ3n) is 4.46. The summed E-state index contributed by atoms with van der Waals surface area (Å²) in [5.41, 5.74) is 1.80. The number of hydrogen-bond acceptors (Lipinski definition) is 7. The number of nitrogens with one attached hydrogen (secondary N) is 1. The quantitative estimate of drug-likeness (QED) is 0.866. The number of hydrogen-bond donors (Lipinski definition) is 1. The monoisotopic (exact) mass is 358 g/mol. The minimum Gasteiger partial charge on any atom is -0.484 e. The Bertz CT molecular complexity index is 807. The molecule has 0 aliphatic carbocycles. The van der Waals surface area contributed by atoms with Crippen LogP contribution in [-0.4, -0.2) is 53.2 Å². The van der Waals surface area contributed by atoms with Gasteiger partial charge in [0.1, 0.15) is 11.8 Å². The van der Waals surface area contributed by atoms with Crippen molar-refractivity contribution >= 4 is 17.5 Å². The van der Waals surface area contributed by atoms with Gasteiger partial charge in [-0.1, -0.05) is 5.16 Å². The Kier molecular flexibility index (Phi) is 4.53. The standard InChI is InChI=1S/C17H18N4O5/c22-15-4-1-11-7-12(2-3-13(11)19-15)25-9-16(23)21-5-6-24-8-14(21)17-18-10-26-20-17/h2-3,7,10,14H,1,4-6,8-9H2,(H,19,22). The number of fused-ring (bicyclic) bond motifs is 1. The topological polar surface area (TPSA) is 107 Å². The summed E-state index contributed by atoms with van der Waals surface area (Å²) in [6.07, 6.45) is 2.35. The van der Waals surface area contributed by atoms with Crippen molar-refractivity contribution in [2.45, 2.75) is 18.9 Å². The molecule has 26 heavy (non-hydrogen) atoms. The first kappa shape index (κ1) is 16.5. The van der Waals surface area contributed by atoms with Crippen LogP contribution in [0.15, 0.2) is 29.1 Å². The average Bonchev–Trinajstić information content (AvgIpc) is 3.20. The number of morpholine rings is 1. The molecule has 0 saturated carbocycles. The summed E-state index contributed by atoms with van der Waals surface area (Å²) < 4.78 is 15.9. The summed E-state index contributed by atoms with van der Waals surface area (Å²) in [7, 11) is 0. The van der Waals surface area contributed by atoms with Crippen LogP contribution in [-0.2, 0) is 20.7 Å². The van der Waals surface area contributed by atoms with Crippen LogP contribution in [0.5, 0.6) is 5.75 Å². The number of benzene rings is 1. The molecule has 0 spiro atoms. The Morgan fingerprint density at radius 2 is 2.31 bits per heavy atom. The number of aromatic nitrogens is 2. The fourth-order valence-corrected chi connectivity index (χ4v) is 3.12. The van der Waals surface area contributed by atoms with E-state index in [1.165, 1.54) is 6.39 Å². The Morgan fingerprint density at radius 1 is 1.38 bits per heavy atom. The molecule has 1 N–H and O–H groups in total. The van der Waals surface area contributed by atoms with E-state index in [1.54, 1.807) is 17.0 Å². The lowest BCUT2D eigenvalue weighted by Gasteiger charge is -2.33. The number of ether oxygens (including phenoxy) is 2. The van der Waals surface area contributed by atoms with Crippen LogP contribution in [0.25, 0.3) is 0 Å². The molecule has 2 aliphatic rings. The molecule has 136 valence electrons. The molecule has 2 aliphatic heterocycles. The van der Waals surface area contributed by atoms with Gasteiger partial charge in [-0.3, -0.25) is 9.59 Å². The molecule has 1 aromatic carbocycles. The van der Waals surface area contributed by atoms with E-state index in [-0.39, 0.29) is 24.5 Å². The van der Waals surface area contributed by atoms with Crippen molar-refractivity contribution in [3.05, 3.63) is 36.0 Å². The Labute approximate surface area is 149 Å². The average molecular weight is 358 g/mol. The van der Waals surface area contributed by atoms with Gasteiger partial charge in [-0.2, -0.15) is 4.98 Å². The van der Waals surface area contributed by atoms with Gasteiger partial charge in [0.2, 0.25) is 12.3 Å². The summed E-state index contributed by atoms with van der Waals surface area (Å²) in [5, 5.41) is 6.63. The molecule has 0 radical (unpaired) electrons. The highest BCUT2D eigenvalue weighted by molar-refractivity contribution is 5.94. The van der Waals surface area contributed by atoms with E-state index >= 15 is 0 Å². The summed E-state index contributed by atoms with van der Waals surface area (Å²) in [6, 6.07) is 5.02. The number of carbonyl (C=O) groups is 2. The van der Waals surface area contributed by atoms with E-state index in [0.29, 0.717) is 44.2 Å². The summed E-state index contributed by atoms with van der Waals surface area (Å²) >= 11 is 0. The fourth-order valence-electron chi connectivity index (χ4n) is 3.12. The molecule has 4 rings (SSSR count). The molecule has 1 saturated heterocycles. The lowest BCUT2D eigenvalue weighted by atomic mass is 10.0. The number of rotatable bonds is 4. The highest BCUT2D eigenvalue weighted by Crippen LogP contribution is 2.27. The van der Waals surface area contributed by atoms with Crippen molar-refractivity contribution in [1.29, 1.82) is 0 Å². The zero-order valence-corrected chi connectivity index (χ0v) is 14.0. The molecule has 2 aromatic rings. The first-order chi connectivity index (χ1) is 12.7. The van der Waals surface area contributed by atoms with Crippen molar-refractivity contribution in [3.8, 4) is 5.75 Å². The number of anilines is 1. The zero-order chi connectivity index (χ0) is 17.9. The molecule has 0 bridgehead atoms. The molecule has 2 amide bonds. The van der Waals surface area contributed by atoms with E-state index in [4.69, 9.17) is 14.0 Å². The van der Waals surface area contributed by atoms with Crippen molar-refractivity contribution in [2.75, 3.05) is 31.7 Å². The fraction of sp³-hybridized carbons (Fsp3) is 0.412. The van der Waals surface area contributed by atoms with Gasteiger partial charge in [-0.15, -0.1) is 0 Å². The van der Waals surface area contributed by atoms with E-state index in [1.807, 2.05) is 6.07 Å². The minimum atomic E-state index is -0.377. The number of carbonyl (C=O) groups excluding carboxylic acids is 2.